The van der Waals surface area contributed by atoms with E-state index in [1.807, 2.05) is 0 Å². The van der Waals surface area contributed by atoms with Crippen LogP contribution < -0.4 is 5.73 Å². The van der Waals surface area contributed by atoms with Gasteiger partial charge in [-0.2, -0.15) is 4.31 Å². The van der Waals surface area contributed by atoms with E-state index < -0.39 is 32.2 Å². The molecule has 0 spiro atoms. The molecule has 1 aromatic rings. The zero-order valence-corrected chi connectivity index (χ0v) is 12.2. The lowest BCUT2D eigenvalue weighted by Gasteiger charge is -2.34. The average Bonchev–Trinajstić information content (AvgIpc) is 2.45. The fraction of sp³-hybridized carbons (Fsp3) is 0.538. The number of nitrogen functional groups attached to an aromatic ring is 1. The molecule has 0 aromatic heterocycles. The summed E-state index contributed by atoms with van der Waals surface area (Å²) in [6.07, 6.45) is 2.42. The maximum absolute atomic E-state index is 14.0. The first-order chi connectivity index (χ1) is 9.89. The minimum absolute atomic E-state index is 0.148. The largest absolute Gasteiger partial charge is 0.396 e. The standard InChI is InChI=1S/C13H18F2N2O3S/c14-10-4-5-11(12(15)13(10)16)21(19,20)17-7-2-1-3-9(17)6-8-18/h4-5,9,18H,1-3,6-8,16H2. The quantitative estimate of drug-likeness (QED) is 0.823. The second-order valence-electron chi connectivity index (χ2n) is 5.05. The molecule has 8 heteroatoms. The monoisotopic (exact) mass is 320 g/mol. The van der Waals surface area contributed by atoms with E-state index in [2.05, 4.69) is 0 Å². The maximum Gasteiger partial charge on any atom is 0.246 e. The molecule has 0 bridgehead atoms. The molecule has 21 heavy (non-hydrogen) atoms. The molecule has 1 atom stereocenters. The van der Waals surface area contributed by atoms with Gasteiger partial charge in [0.05, 0.1) is 0 Å². The van der Waals surface area contributed by atoms with Crippen molar-refractivity contribution in [2.24, 2.45) is 0 Å². The molecule has 1 aliphatic heterocycles. The van der Waals surface area contributed by atoms with Crippen molar-refractivity contribution in [2.45, 2.75) is 36.6 Å². The van der Waals surface area contributed by atoms with Crippen molar-refractivity contribution in [1.29, 1.82) is 0 Å². The van der Waals surface area contributed by atoms with Crippen LogP contribution in [0.2, 0.25) is 0 Å². The second kappa shape index (κ2) is 6.25. The van der Waals surface area contributed by atoms with Crippen molar-refractivity contribution >= 4 is 15.7 Å². The van der Waals surface area contributed by atoms with Crippen molar-refractivity contribution in [2.75, 3.05) is 18.9 Å². The number of anilines is 1. The van der Waals surface area contributed by atoms with Crippen LogP contribution in [0.1, 0.15) is 25.7 Å². The van der Waals surface area contributed by atoms with Gasteiger partial charge in [0, 0.05) is 19.2 Å². The predicted molar refractivity (Wildman–Crippen MR) is 74.0 cm³/mol. The first-order valence-corrected chi connectivity index (χ1v) is 8.19. The lowest BCUT2D eigenvalue weighted by molar-refractivity contribution is 0.192. The van der Waals surface area contributed by atoms with Crippen LogP contribution in [0.25, 0.3) is 0 Å². The van der Waals surface area contributed by atoms with Crippen molar-refractivity contribution in [3.63, 3.8) is 0 Å². The molecule has 2 rings (SSSR count). The molecule has 1 fully saturated rings. The van der Waals surface area contributed by atoms with Crippen molar-refractivity contribution in [3.05, 3.63) is 23.8 Å². The SMILES string of the molecule is Nc1c(F)ccc(S(=O)(=O)N2CCCCC2CCO)c1F. The zero-order chi connectivity index (χ0) is 15.6. The van der Waals surface area contributed by atoms with Gasteiger partial charge in [-0.25, -0.2) is 17.2 Å². The predicted octanol–water partition coefficient (Wildman–Crippen LogP) is 1.47. The summed E-state index contributed by atoms with van der Waals surface area (Å²) in [6.45, 7) is 0.106. The molecule has 118 valence electrons. The van der Waals surface area contributed by atoms with E-state index in [1.54, 1.807) is 0 Å². The summed E-state index contributed by atoms with van der Waals surface area (Å²) in [5.41, 5.74) is 4.43. The Labute approximate surface area is 122 Å². The number of piperidine rings is 1. The van der Waals surface area contributed by atoms with Gasteiger partial charge in [0.2, 0.25) is 10.0 Å². The number of nitrogens with two attached hydrogens (primary N) is 1. The van der Waals surface area contributed by atoms with Gasteiger partial charge in [-0.1, -0.05) is 6.42 Å². The van der Waals surface area contributed by atoms with Crippen molar-refractivity contribution in [3.8, 4) is 0 Å². The van der Waals surface area contributed by atoms with Crippen LogP contribution in [0.5, 0.6) is 0 Å². The van der Waals surface area contributed by atoms with Crippen LogP contribution in [0.4, 0.5) is 14.5 Å². The Hall–Kier alpha value is -1.25. The van der Waals surface area contributed by atoms with Gasteiger partial charge in [-0.15, -0.1) is 0 Å². The summed E-state index contributed by atoms with van der Waals surface area (Å²) in [6, 6.07) is 1.36. The van der Waals surface area contributed by atoms with Gasteiger partial charge in [0.1, 0.15) is 16.4 Å². The molecule has 1 aliphatic rings. The smallest absolute Gasteiger partial charge is 0.246 e. The molecule has 0 amide bonds. The molecule has 0 aliphatic carbocycles. The van der Waals surface area contributed by atoms with E-state index in [9.17, 15) is 17.2 Å². The number of nitrogens with zero attached hydrogens (tertiary/aromatic N) is 1. The van der Waals surface area contributed by atoms with E-state index >= 15 is 0 Å². The van der Waals surface area contributed by atoms with E-state index in [-0.39, 0.29) is 25.6 Å². The Balaban J connectivity index is 2.43. The van der Waals surface area contributed by atoms with Crippen molar-refractivity contribution < 1.29 is 22.3 Å². The number of rotatable bonds is 4. The molecule has 0 radical (unpaired) electrons. The average molecular weight is 320 g/mol. The summed E-state index contributed by atoms with van der Waals surface area (Å²) in [5, 5.41) is 9.04. The summed E-state index contributed by atoms with van der Waals surface area (Å²) in [5.74, 6) is -2.25. The number of hydrogen-bond donors (Lipinski definition) is 2. The number of hydrogen-bond acceptors (Lipinski definition) is 4. The normalized spacial score (nSPS) is 20.6. The van der Waals surface area contributed by atoms with Gasteiger partial charge in [0.15, 0.2) is 5.82 Å². The highest BCUT2D eigenvalue weighted by Gasteiger charge is 2.35. The summed E-state index contributed by atoms with van der Waals surface area (Å²) >= 11 is 0. The fourth-order valence-corrected chi connectivity index (χ4v) is 4.40. The van der Waals surface area contributed by atoms with E-state index in [1.165, 1.54) is 4.31 Å². The van der Waals surface area contributed by atoms with E-state index in [0.29, 0.717) is 12.8 Å². The second-order valence-corrected chi connectivity index (χ2v) is 6.91. The highest BCUT2D eigenvalue weighted by Crippen LogP contribution is 2.30. The summed E-state index contributed by atoms with van der Waals surface area (Å²) in [7, 11) is -4.10. The maximum atomic E-state index is 14.0. The van der Waals surface area contributed by atoms with Crippen LogP contribution >= 0.6 is 0 Å². The number of benzene rings is 1. The fourth-order valence-electron chi connectivity index (χ4n) is 2.60. The van der Waals surface area contributed by atoms with Crippen LogP contribution in [-0.2, 0) is 10.0 Å². The highest BCUT2D eigenvalue weighted by molar-refractivity contribution is 7.89. The van der Waals surface area contributed by atoms with Gasteiger partial charge >= 0.3 is 0 Å². The van der Waals surface area contributed by atoms with Crippen LogP contribution in [0.3, 0.4) is 0 Å². The van der Waals surface area contributed by atoms with Gasteiger partial charge in [-0.3, -0.25) is 0 Å². The van der Waals surface area contributed by atoms with Gasteiger partial charge < -0.3 is 10.8 Å². The summed E-state index contributed by atoms with van der Waals surface area (Å²) in [4.78, 5) is -0.619. The minimum Gasteiger partial charge on any atom is -0.396 e. The minimum atomic E-state index is -4.10. The molecule has 1 aromatic carbocycles. The van der Waals surface area contributed by atoms with E-state index in [4.69, 9.17) is 10.8 Å². The molecule has 5 nitrogen and oxygen atoms in total. The van der Waals surface area contributed by atoms with Crippen molar-refractivity contribution in [1.82, 2.24) is 4.31 Å². The number of sulfonamides is 1. The third-order valence-corrected chi connectivity index (χ3v) is 5.68. The van der Waals surface area contributed by atoms with Crippen LogP contribution in [0.15, 0.2) is 17.0 Å². The Morgan fingerprint density at radius 3 is 2.71 bits per heavy atom. The number of halogens is 2. The first kappa shape index (κ1) is 16.1. The molecule has 1 unspecified atom stereocenters. The van der Waals surface area contributed by atoms with Gasteiger partial charge in [0.25, 0.3) is 0 Å². The highest BCUT2D eigenvalue weighted by atomic mass is 32.2. The Bertz CT molecular complexity index is 620. The third kappa shape index (κ3) is 3.02. The third-order valence-electron chi connectivity index (χ3n) is 3.71. The van der Waals surface area contributed by atoms with Crippen LogP contribution in [0, 0.1) is 11.6 Å². The molecular weight excluding hydrogens is 302 g/mol. The molecule has 0 saturated carbocycles. The number of aliphatic hydroxyl groups excluding tert-OH is 1. The molecule has 1 heterocycles. The molecule has 3 N–H and O–H groups in total. The lowest BCUT2D eigenvalue weighted by atomic mass is 10.0. The molecular formula is C13H18F2N2O3S. The van der Waals surface area contributed by atoms with E-state index in [0.717, 1.165) is 18.6 Å². The number of aliphatic hydroxyl groups is 1. The Morgan fingerprint density at radius 1 is 1.33 bits per heavy atom. The molecule has 1 saturated heterocycles. The Kier molecular flexibility index (Phi) is 4.80. The zero-order valence-electron chi connectivity index (χ0n) is 11.4. The topological polar surface area (TPSA) is 83.6 Å². The summed E-state index contributed by atoms with van der Waals surface area (Å²) < 4.78 is 53.5. The van der Waals surface area contributed by atoms with Gasteiger partial charge in [-0.05, 0) is 31.4 Å². The first-order valence-electron chi connectivity index (χ1n) is 6.75. The lowest BCUT2D eigenvalue weighted by Crippen LogP contribution is -2.44. The Morgan fingerprint density at radius 2 is 2.05 bits per heavy atom. The van der Waals surface area contributed by atoms with Crippen LogP contribution in [-0.4, -0.2) is 37.0 Å².